The third kappa shape index (κ3) is 5.86. The first-order valence-electron chi connectivity index (χ1n) is 9.27. The van der Waals surface area contributed by atoms with E-state index >= 15 is 0 Å². The molecule has 2 aromatic carbocycles. The van der Waals surface area contributed by atoms with E-state index < -0.39 is 34.5 Å². The molecule has 0 saturated heterocycles. The van der Waals surface area contributed by atoms with Crippen LogP contribution in [0.2, 0.25) is 0 Å². The Hall–Kier alpha value is -3.31. The average Bonchev–Trinajstić information content (AvgIpc) is 3.23. The molecule has 0 bridgehead atoms. The van der Waals surface area contributed by atoms with Crippen LogP contribution in [0.3, 0.4) is 0 Å². The van der Waals surface area contributed by atoms with E-state index in [1.165, 1.54) is 38.3 Å². The second-order valence-electron chi connectivity index (χ2n) is 6.59. The Bertz CT molecular complexity index is 1050. The number of hydrogen-bond acceptors (Lipinski definition) is 8. The molecule has 0 saturated carbocycles. The molecule has 0 aliphatic carbocycles. The molecule has 1 amide bonds. The fourth-order valence-electron chi connectivity index (χ4n) is 2.67. The fraction of sp³-hybridized carbons (Fsp3) is 0.300. The quantitative estimate of drug-likeness (QED) is 0.540. The van der Waals surface area contributed by atoms with Crippen molar-refractivity contribution in [2.75, 3.05) is 20.5 Å². The van der Waals surface area contributed by atoms with Gasteiger partial charge < -0.3 is 24.3 Å². The second-order valence-corrected chi connectivity index (χ2v) is 8.30. The molecule has 1 aliphatic heterocycles. The summed E-state index contributed by atoms with van der Waals surface area (Å²) in [5, 5.41) is 2.61. The third-order valence-electron chi connectivity index (χ3n) is 4.33. The zero-order valence-electron chi connectivity index (χ0n) is 16.9. The number of sulfonamides is 1. The minimum Gasteiger partial charge on any atom is -0.497 e. The number of esters is 1. The second kappa shape index (κ2) is 9.67. The SMILES string of the molecule is COc1ccc(S(=O)(=O)N[C@@H](C)C(=O)OCC(=O)NCc2ccc3c(c2)OCO3)cc1. The Morgan fingerprint density at radius 1 is 1.10 bits per heavy atom. The minimum absolute atomic E-state index is 0.0329. The van der Waals surface area contributed by atoms with Crippen molar-refractivity contribution in [3.63, 3.8) is 0 Å². The monoisotopic (exact) mass is 450 g/mol. The number of rotatable bonds is 9. The molecule has 0 fully saturated rings. The van der Waals surface area contributed by atoms with Crippen LogP contribution in [-0.4, -0.2) is 46.8 Å². The first-order chi connectivity index (χ1) is 14.8. The molecule has 0 aromatic heterocycles. The maximum Gasteiger partial charge on any atom is 0.324 e. The van der Waals surface area contributed by atoms with Gasteiger partial charge in [-0.3, -0.25) is 9.59 Å². The number of carbonyl (C=O) groups excluding carboxylic acids is 2. The zero-order valence-corrected chi connectivity index (χ0v) is 17.7. The lowest BCUT2D eigenvalue weighted by Crippen LogP contribution is -2.40. The first kappa shape index (κ1) is 22.4. The standard InChI is InChI=1S/C20H22N2O8S/c1-13(22-31(25,26)16-6-4-15(27-2)5-7-16)20(24)28-11-19(23)21-10-14-3-8-17-18(9-14)30-12-29-17/h3-9,13,22H,10-12H2,1-2H3,(H,21,23)/t13-/m0/s1. The number of methoxy groups -OCH3 is 1. The van der Waals surface area contributed by atoms with Gasteiger partial charge in [-0.25, -0.2) is 8.42 Å². The van der Waals surface area contributed by atoms with Gasteiger partial charge in [-0.05, 0) is 48.9 Å². The highest BCUT2D eigenvalue weighted by atomic mass is 32.2. The van der Waals surface area contributed by atoms with E-state index in [0.717, 1.165) is 5.56 Å². The van der Waals surface area contributed by atoms with Gasteiger partial charge in [0, 0.05) is 6.54 Å². The van der Waals surface area contributed by atoms with Crippen LogP contribution in [0.1, 0.15) is 12.5 Å². The van der Waals surface area contributed by atoms with Crippen molar-refractivity contribution >= 4 is 21.9 Å². The van der Waals surface area contributed by atoms with Gasteiger partial charge in [-0.2, -0.15) is 4.72 Å². The van der Waals surface area contributed by atoms with Crippen molar-refractivity contribution in [2.24, 2.45) is 0 Å². The largest absolute Gasteiger partial charge is 0.497 e. The third-order valence-corrected chi connectivity index (χ3v) is 5.88. The fourth-order valence-corrected chi connectivity index (χ4v) is 3.86. The number of benzene rings is 2. The molecule has 1 aliphatic rings. The number of fused-ring (bicyclic) bond motifs is 1. The number of ether oxygens (including phenoxy) is 4. The minimum atomic E-state index is -3.95. The number of amides is 1. The smallest absolute Gasteiger partial charge is 0.324 e. The van der Waals surface area contributed by atoms with Gasteiger partial charge in [0.1, 0.15) is 11.8 Å². The predicted molar refractivity (Wildman–Crippen MR) is 108 cm³/mol. The lowest BCUT2D eigenvalue weighted by atomic mass is 10.2. The van der Waals surface area contributed by atoms with Crippen molar-refractivity contribution in [2.45, 2.75) is 24.4 Å². The average molecular weight is 450 g/mol. The van der Waals surface area contributed by atoms with Crippen molar-refractivity contribution in [1.82, 2.24) is 10.0 Å². The van der Waals surface area contributed by atoms with Gasteiger partial charge in [-0.15, -0.1) is 0 Å². The topological polar surface area (TPSA) is 129 Å². The van der Waals surface area contributed by atoms with E-state index in [9.17, 15) is 18.0 Å². The lowest BCUT2D eigenvalue weighted by Gasteiger charge is -2.14. The predicted octanol–water partition coefficient (Wildman–Crippen LogP) is 0.950. The Morgan fingerprint density at radius 2 is 1.81 bits per heavy atom. The molecule has 1 atom stereocenters. The molecule has 2 N–H and O–H groups in total. The van der Waals surface area contributed by atoms with E-state index in [4.69, 9.17) is 18.9 Å². The summed E-state index contributed by atoms with van der Waals surface area (Å²) in [5.74, 6) is 0.316. The van der Waals surface area contributed by atoms with Crippen LogP contribution in [0.4, 0.5) is 0 Å². The van der Waals surface area contributed by atoms with Crippen molar-refractivity contribution < 1.29 is 37.0 Å². The van der Waals surface area contributed by atoms with Gasteiger partial charge in [0.05, 0.1) is 12.0 Å². The van der Waals surface area contributed by atoms with Crippen molar-refractivity contribution in [1.29, 1.82) is 0 Å². The zero-order chi connectivity index (χ0) is 22.4. The molecule has 3 rings (SSSR count). The van der Waals surface area contributed by atoms with Gasteiger partial charge in [0.2, 0.25) is 16.8 Å². The number of nitrogens with one attached hydrogen (secondary N) is 2. The molecule has 0 spiro atoms. The van der Waals surface area contributed by atoms with Crippen LogP contribution in [0.5, 0.6) is 17.2 Å². The summed E-state index contributed by atoms with van der Waals surface area (Å²) in [5.41, 5.74) is 0.782. The highest BCUT2D eigenvalue weighted by Crippen LogP contribution is 2.32. The molecule has 0 radical (unpaired) electrons. The van der Waals surface area contributed by atoms with Crippen LogP contribution in [0, 0.1) is 0 Å². The summed E-state index contributed by atoms with van der Waals surface area (Å²) in [7, 11) is -2.49. The van der Waals surface area contributed by atoms with Crippen LogP contribution < -0.4 is 24.2 Å². The van der Waals surface area contributed by atoms with Crippen LogP contribution in [0.25, 0.3) is 0 Å². The summed E-state index contributed by atoms with van der Waals surface area (Å²) >= 11 is 0. The normalized spacial score (nSPS) is 13.4. The molecule has 166 valence electrons. The Labute approximate surface area is 179 Å². The summed E-state index contributed by atoms with van der Waals surface area (Å²) in [6, 6.07) is 9.74. The van der Waals surface area contributed by atoms with Crippen LogP contribution in [0.15, 0.2) is 47.4 Å². The van der Waals surface area contributed by atoms with Gasteiger partial charge in [0.25, 0.3) is 5.91 Å². The summed E-state index contributed by atoms with van der Waals surface area (Å²) in [4.78, 5) is 24.0. The van der Waals surface area contributed by atoms with E-state index in [0.29, 0.717) is 17.2 Å². The molecule has 0 unspecified atom stereocenters. The highest BCUT2D eigenvalue weighted by molar-refractivity contribution is 7.89. The molecular weight excluding hydrogens is 428 g/mol. The van der Waals surface area contributed by atoms with Gasteiger partial charge in [0.15, 0.2) is 18.1 Å². The molecule has 31 heavy (non-hydrogen) atoms. The van der Waals surface area contributed by atoms with Crippen LogP contribution in [-0.2, 0) is 30.9 Å². The molecule has 10 nitrogen and oxygen atoms in total. The van der Waals surface area contributed by atoms with Crippen LogP contribution >= 0.6 is 0 Å². The number of carbonyl (C=O) groups is 2. The first-order valence-corrected chi connectivity index (χ1v) is 10.7. The maximum absolute atomic E-state index is 12.4. The van der Waals surface area contributed by atoms with E-state index in [-0.39, 0.29) is 18.2 Å². The summed E-state index contributed by atoms with van der Waals surface area (Å²) in [6.07, 6.45) is 0. The van der Waals surface area contributed by atoms with Gasteiger partial charge >= 0.3 is 5.97 Å². The van der Waals surface area contributed by atoms with E-state index in [1.807, 2.05) is 0 Å². The Morgan fingerprint density at radius 3 is 2.52 bits per heavy atom. The molecule has 2 aromatic rings. The Balaban J connectivity index is 1.45. The maximum atomic E-state index is 12.4. The molecule has 1 heterocycles. The Kier molecular flexibility index (Phi) is 6.98. The summed E-state index contributed by atoms with van der Waals surface area (Å²) < 4.78 is 47.3. The van der Waals surface area contributed by atoms with E-state index in [2.05, 4.69) is 10.0 Å². The molecular formula is C20H22N2O8S. The lowest BCUT2D eigenvalue weighted by molar-refractivity contribution is -0.149. The number of hydrogen-bond donors (Lipinski definition) is 2. The summed E-state index contributed by atoms with van der Waals surface area (Å²) in [6.45, 7) is 1.14. The van der Waals surface area contributed by atoms with Gasteiger partial charge in [-0.1, -0.05) is 6.07 Å². The molecule has 11 heteroatoms. The van der Waals surface area contributed by atoms with E-state index in [1.54, 1.807) is 18.2 Å². The highest BCUT2D eigenvalue weighted by Gasteiger charge is 2.24. The van der Waals surface area contributed by atoms with Crippen molar-refractivity contribution in [3.05, 3.63) is 48.0 Å². The van der Waals surface area contributed by atoms with Crippen molar-refractivity contribution in [3.8, 4) is 17.2 Å².